The number of hydrogen-bond acceptors (Lipinski definition) is 7. The topological polar surface area (TPSA) is 78.6 Å². The van der Waals surface area contributed by atoms with Crippen molar-refractivity contribution in [1.82, 2.24) is 29.9 Å². The summed E-state index contributed by atoms with van der Waals surface area (Å²) < 4.78 is 6.96. The average molecular weight is 350 g/mol. The number of rotatable bonds is 5. The second-order valence-electron chi connectivity index (χ2n) is 5.20. The van der Waals surface area contributed by atoms with E-state index in [-0.39, 0.29) is 0 Å². The molecule has 0 N–H and O–H groups in total. The van der Waals surface area contributed by atoms with Gasteiger partial charge in [-0.25, -0.2) is 9.97 Å². The van der Waals surface area contributed by atoms with Gasteiger partial charge in [-0.2, -0.15) is 4.68 Å². The quantitative estimate of drug-likeness (QED) is 0.404. The molecule has 3 aromatic heterocycles. The molecular weight excluding hydrogens is 336 g/mol. The molecule has 0 saturated carbocycles. The smallest absolute Gasteiger partial charge is 0.187 e. The minimum absolute atomic E-state index is 0.664. The highest BCUT2D eigenvalue weighted by atomic mass is 32.2. The van der Waals surface area contributed by atoms with E-state index in [0.717, 1.165) is 27.8 Å². The lowest BCUT2D eigenvalue weighted by molar-refractivity contribution is 0.414. The molecular formula is C17H14N6OS. The zero-order chi connectivity index (χ0) is 17.1. The Labute approximate surface area is 148 Å². The fourth-order valence-electron chi connectivity index (χ4n) is 2.39. The van der Waals surface area contributed by atoms with Crippen molar-refractivity contribution in [2.24, 2.45) is 0 Å². The molecule has 0 aliphatic carbocycles. The minimum Gasteiger partial charge on any atom is -0.497 e. The van der Waals surface area contributed by atoms with Crippen LogP contribution in [-0.2, 0) is 5.75 Å². The molecule has 0 spiro atoms. The lowest BCUT2D eigenvalue weighted by Crippen LogP contribution is -1.98. The summed E-state index contributed by atoms with van der Waals surface area (Å²) in [7, 11) is 1.63. The van der Waals surface area contributed by atoms with Crippen molar-refractivity contribution >= 4 is 22.9 Å². The molecule has 124 valence electrons. The first-order valence-electron chi connectivity index (χ1n) is 7.57. The van der Waals surface area contributed by atoms with E-state index in [1.165, 1.54) is 6.33 Å². The van der Waals surface area contributed by atoms with Crippen molar-refractivity contribution in [3.8, 4) is 11.4 Å². The number of benzene rings is 1. The molecule has 8 heteroatoms. The molecule has 4 aromatic rings. The zero-order valence-electron chi connectivity index (χ0n) is 13.4. The molecule has 0 fully saturated rings. The van der Waals surface area contributed by atoms with Gasteiger partial charge in [0, 0.05) is 24.2 Å². The van der Waals surface area contributed by atoms with Crippen molar-refractivity contribution in [1.29, 1.82) is 0 Å². The van der Waals surface area contributed by atoms with Crippen LogP contribution in [0.2, 0.25) is 0 Å². The lowest BCUT2D eigenvalue weighted by atomic mass is 10.3. The van der Waals surface area contributed by atoms with Gasteiger partial charge in [-0.3, -0.25) is 4.98 Å². The van der Waals surface area contributed by atoms with Crippen LogP contribution in [0.25, 0.3) is 16.9 Å². The number of aromatic nitrogens is 6. The Bertz CT molecular complexity index is 1000. The number of fused-ring (bicyclic) bond motifs is 1. The first-order valence-corrected chi connectivity index (χ1v) is 8.56. The third kappa shape index (κ3) is 3.16. The van der Waals surface area contributed by atoms with Crippen LogP contribution in [0, 0.1) is 0 Å². The zero-order valence-corrected chi connectivity index (χ0v) is 14.2. The maximum Gasteiger partial charge on any atom is 0.187 e. The second kappa shape index (κ2) is 6.86. The number of thioether (sulfide) groups is 1. The fourth-order valence-corrected chi connectivity index (χ4v) is 3.25. The van der Waals surface area contributed by atoms with Crippen LogP contribution in [0.15, 0.2) is 60.1 Å². The number of ether oxygens (including phenoxy) is 1. The Hall–Kier alpha value is -3.00. The van der Waals surface area contributed by atoms with E-state index in [2.05, 4.69) is 25.3 Å². The standard InChI is InChI=1S/C17H14N6OS/c1-24-14-6-2-5-13(8-14)23-16-15(21-22-23)17(20-11-19-16)25-10-12-4-3-7-18-9-12/h2-9,11H,10H2,1H3. The highest BCUT2D eigenvalue weighted by Gasteiger charge is 2.14. The van der Waals surface area contributed by atoms with E-state index in [1.54, 1.807) is 29.8 Å². The van der Waals surface area contributed by atoms with Gasteiger partial charge in [-0.15, -0.1) is 5.10 Å². The van der Waals surface area contributed by atoms with Crippen molar-refractivity contribution in [2.75, 3.05) is 7.11 Å². The Morgan fingerprint density at radius 2 is 2.12 bits per heavy atom. The van der Waals surface area contributed by atoms with Crippen molar-refractivity contribution in [3.05, 3.63) is 60.7 Å². The van der Waals surface area contributed by atoms with Gasteiger partial charge in [0.25, 0.3) is 0 Å². The molecule has 3 heterocycles. The molecule has 0 atom stereocenters. The molecule has 0 aliphatic rings. The maximum atomic E-state index is 5.27. The number of pyridine rings is 1. The molecule has 7 nitrogen and oxygen atoms in total. The molecule has 0 bridgehead atoms. The SMILES string of the molecule is COc1cccc(-n2nnc3c(SCc4cccnc4)ncnc32)c1. The first-order chi connectivity index (χ1) is 12.3. The van der Waals surface area contributed by atoms with Crippen LogP contribution in [-0.4, -0.2) is 37.1 Å². The number of methoxy groups -OCH3 is 1. The average Bonchev–Trinajstić information content (AvgIpc) is 3.12. The van der Waals surface area contributed by atoms with Crippen LogP contribution in [0.5, 0.6) is 5.75 Å². The summed E-state index contributed by atoms with van der Waals surface area (Å²) in [6.45, 7) is 0. The fraction of sp³-hybridized carbons (Fsp3) is 0.118. The molecule has 0 amide bonds. The van der Waals surface area contributed by atoms with Crippen molar-refractivity contribution < 1.29 is 4.74 Å². The largest absolute Gasteiger partial charge is 0.497 e. The summed E-state index contributed by atoms with van der Waals surface area (Å²) in [4.78, 5) is 12.8. The third-order valence-electron chi connectivity index (χ3n) is 3.60. The van der Waals surface area contributed by atoms with Gasteiger partial charge < -0.3 is 4.74 Å². The van der Waals surface area contributed by atoms with Crippen LogP contribution < -0.4 is 4.74 Å². The highest BCUT2D eigenvalue weighted by Crippen LogP contribution is 2.27. The first kappa shape index (κ1) is 15.5. The van der Waals surface area contributed by atoms with Gasteiger partial charge in [0.2, 0.25) is 0 Å². The number of hydrogen-bond donors (Lipinski definition) is 0. The summed E-state index contributed by atoms with van der Waals surface area (Å²) in [6, 6.07) is 11.6. The molecule has 0 aliphatic heterocycles. The van der Waals surface area contributed by atoms with Gasteiger partial charge in [0.1, 0.15) is 17.1 Å². The Kier molecular flexibility index (Phi) is 4.26. The predicted molar refractivity (Wildman–Crippen MR) is 94.8 cm³/mol. The molecule has 1 aromatic carbocycles. The van der Waals surface area contributed by atoms with E-state index >= 15 is 0 Å². The van der Waals surface area contributed by atoms with Crippen molar-refractivity contribution in [3.63, 3.8) is 0 Å². The van der Waals surface area contributed by atoms with E-state index in [4.69, 9.17) is 4.74 Å². The van der Waals surface area contributed by atoms with Gasteiger partial charge >= 0.3 is 0 Å². The summed E-state index contributed by atoms with van der Waals surface area (Å²) >= 11 is 1.59. The summed E-state index contributed by atoms with van der Waals surface area (Å²) in [6.07, 6.45) is 5.14. The van der Waals surface area contributed by atoms with Crippen LogP contribution in [0.1, 0.15) is 5.56 Å². The van der Waals surface area contributed by atoms with Gasteiger partial charge in [-0.05, 0) is 23.8 Å². The Morgan fingerprint density at radius 3 is 2.96 bits per heavy atom. The van der Waals surface area contributed by atoms with Crippen LogP contribution in [0.3, 0.4) is 0 Å². The minimum atomic E-state index is 0.664. The molecule has 4 rings (SSSR count). The van der Waals surface area contributed by atoms with Crippen molar-refractivity contribution in [2.45, 2.75) is 10.8 Å². The predicted octanol–water partition coefficient (Wildman–Crippen LogP) is 2.91. The molecule has 0 radical (unpaired) electrons. The molecule has 0 unspecified atom stereocenters. The van der Waals surface area contributed by atoms with E-state index in [9.17, 15) is 0 Å². The normalized spacial score (nSPS) is 10.9. The number of nitrogens with zero attached hydrogens (tertiary/aromatic N) is 6. The van der Waals surface area contributed by atoms with Gasteiger partial charge in [-0.1, -0.05) is 29.1 Å². The van der Waals surface area contributed by atoms with Gasteiger partial charge in [0.15, 0.2) is 11.2 Å². The summed E-state index contributed by atoms with van der Waals surface area (Å²) in [5.41, 5.74) is 3.30. The Morgan fingerprint density at radius 1 is 1.16 bits per heavy atom. The Balaban J connectivity index is 1.68. The maximum absolute atomic E-state index is 5.27. The highest BCUT2D eigenvalue weighted by molar-refractivity contribution is 7.98. The van der Waals surface area contributed by atoms with E-state index in [0.29, 0.717) is 11.2 Å². The monoisotopic (exact) mass is 350 g/mol. The second-order valence-corrected chi connectivity index (χ2v) is 6.17. The molecule has 25 heavy (non-hydrogen) atoms. The molecule has 0 saturated heterocycles. The van der Waals surface area contributed by atoms with Crippen LogP contribution >= 0.6 is 11.8 Å². The van der Waals surface area contributed by atoms with Crippen LogP contribution in [0.4, 0.5) is 0 Å². The van der Waals surface area contributed by atoms with E-state index in [1.807, 2.05) is 42.6 Å². The third-order valence-corrected chi connectivity index (χ3v) is 4.65. The van der Waals surface area contributed by atoms with E-state index < -0.39 is 0 Å². The summed E-state index contributed by atoms with van der Waals surface area (Å²) in [5, 5.41) is 9.31. The summed E-state index contributed by atoms with van der Waals surface area (Å²) in [5.74, 6) is 1.51. The van der Waals surface area contributed by atoms with Gasteiger partial charge in [0.05, 0.1) is 12.8 Å². The lowest BCUT2D eigenvalue weighted by Gasteiger charge is -2.05.